The highest BCUT2D eigenvalue weighted by Gasteiger charge is 2.20. The minimum absolute atomic E-state index is 0.299. The molecule has 0 aromatic heterocycles. The van der Waals surface area contributed by atoms with E-state index in [2.05, 4.69) is 47.2 Å². The Morgan fingerprint density at radius 2 is 1.30 bits per heavy atom. The maximum atomic E-state index is 12.6. The third-order valence-electron chi connectivity index (χ3n) is 7.25. The van der Waals surface area contributed by atoms with Crippen LogP contribution in [0.5, 0.6) is 0 Å². The number of urea groups is 2. The van der Waals surface area contributed by atoms with Crippen LogP contribution in [-0.4, -0.2) is 49.3 Å². The van der Waals surface area contributed by atoms with Gasteiger partial charge in [0.15, 0.2) is 0 Å². The van der Waals surface area contributed by atoms with Crippen molar-refractivity contribution in [2.24, 2.45) is 4.99 Å². The van der Waals surface area contributed by atoms with Crippen LogP contribution in [0.1, 0.15) is 135 Å². The minimum Gasteiger partial charge on any atom is -0.428 e. The zero-order valence-electron chi connectivity index (χ0n) is 28.1. The van der Waals surface area contributed by atoms with Crippen LogP contribution in [0.3, 0.4) is 0 Å². The Hall–Kier alpha value is -3.37. The van der Waals surface area contributed by atoms with Crippen LogP contribution in [0.15, 0.2) is 23.2 Å². The molecule has 0 spiro atoms. The van der Waals surface area contributed by atoms with Crippen molar-refractivity contribution in [1.82, 2.24) is 15.5 Å². The van der Waals surface area contributed by atoms with Gasteiger partial charge < -0.3 is 15.4 Å². The molecular weight excluding hydrogens is 554 g/mol. The van der Waals surface area contributed by atoms with Crippen LogP contribution in [-0.2, 0) is 16.0 Å². The summed E-state index contributed by atoms with van der Waals surface area (Å²) in [6, 6.07) is 5.25. The van der Waals surface area contributed by atoms with Gasteiger partial charge in [0.05, 0.1) is 5.69 Å². The maximum absolute atomic E-state index is 12.6. The van der Waals surface area contributed by atoms with Crippen molar-refractivity contribution < 1.29 is 19.1 Å². The summed E-state index contributed by atoms with van der Waals surface area (Å²) in [5.41, 5.74) is 3.02. The van der Waals surface area contributed by atoms with Crippen molar-refractivity contribution in [3.8, 4) is 6.26 Å². The number of ether oxygens (including phenoxy) is 1. The Morgan fingerprint density at radius 3 is 1.82 bits per heavy atom. The van der Waals surface area contributed by atoms with Crippen LogP contribution >= 0.6 is 0 Å². The monoisotopic (exact) mass is 613 g/mol. The van der Waals surface area contributed by atoms with E-state index >= 15 is 0 Å². The van der Waals surface area contributed by atoms with E-state index in [0.717, 1.165) is 63.4 Å². The topological polar surface area (TPSA) is 124 Å². The molecular formula is C35H59N5O4. The van der Waals surface area contributed by atoms with Crippen LogP contribution < -0.4 is 10.6 Å². The van der Waals surface area contributed by atoms with Crippen LogP contribution in [0.2, 0.25) is 0 Å². The lowest BCUT2D eigenvalue weighted by Crippen LogP contribution is -2.49. The molecule has 0 bridgehead atoms. The SMILES string of the molecule is CCCCCCCCNC(=O)N(CCCCCCOC#N)C(=O)NCCCCCCCC.CCc1cc(C)cc(N=C=O)c1. The number of rotatable bonds is 23. The number of nitriles is 1. The molecule has 0 radical (unpaired) electrons. The highest BCUT2D eigenvalue weighted by molar-refractivity contribution is 5.93. The minimum atomic E-state index is -0.299. The van der Waals surface area contributed by atoms with E-state index < -0.39 is 0 Å². The van der Waals surface area contributed by atoms with Crippen molar-refractivity contribution in [1.29, 1.82) is 5.26 Å². The fraction of sp³-hybridized carbons (Fsp3) is 0.714. The summed E-state index contributed by atoms with van der Waals surface area (Å²) in [6.45, 7) is 10.5. The average Bonchev–Trinajstić information content (AvgIpc) is 3.01. The molecule has 9 heteroatoms. The lowest BCUT2D eigenvalue weighted by Gasteiger charge is -2.22. The first-order chi connectivity index (χ1) is 21.4. The van der Waals surface area contributed by atoms with Crippen molar-refractivity contribution in [3.05, 3.63) is 29.3 Å². The molecule has 0 aliphatic heterocycles. The number of hydrogen-bond acceptors (Lipinski definition) is 6. The molecule has 9 nitrogen and oxygen atoms in total. The predicted octanol–water partition coefficient (Wildman–Crippen LogP) is 9.01. The second-order valence-electron chi connectivity index (χ2n) is 11.2. The van der Waals surface area contributed by atoms with Gasteiger partial charge in [-0.05, 0) is 68.7 Å². The van der Waals surface area contributed by atoms with Gasteiger partial charge in [-0.3, -0.25) is 0 Å². The second-order valence-corrected chi connectivity index (χ2v) is 11.2. The highest BCUT2D eigenvalue weighted by atomic mass is 16.5. The Balaban J connectivity index is 0.00000127. The Morgan fingerprint density at radius 1 is 0.773 bits per heavy atom. The van der Waals surface area contributed by atoms with Gasteiger partial charge in [0, 0.05) is 19.6 Å². The summed E-state index contributed by atoms with van der Waals surface area (Å²) in [4.78, 5) is 40.1. The number of imide groups is 1. The smallest absolute Gasteiger partial charge is 0.325 e. The fourth-order valence-electron chi connectivity index (χ4n) is 4.69. The molecule has 1 aromatic rings. The molecule has 0 atom stereocenters. The Kier molecular flexibility index (Phi) is 27.4. The Labute approximate surface area is 267 Å². The third kappa shape index (κ3) is 23.1. The molecule has 44 heavy (non-hydrogen) atoms. The van der Waals surface area contributed by atoms with E-state index in [4.69, 9.17) is 5.26 Å². The van der Waals surface area contributed by atoms with E-state index in [0.29, 0.717) is 31.9 Å². The first kappa shape index (κ1) is 40.6. The molecule has 1 aromatic carbocycles. The molecule has 0 fully saturated rings. The van der Waals surface area contributed by atoms with Gasteiger partial charge in [-0.25, -0.2) is 19.3 Å². The number of carbonyl (C=O) groups excluding carboxylic acids is 3. The Bertz CT molecular complexity index is 942. The molecule has 1 rings (SSSR count). The number of isocyanates is 1. The van der Waals surface area contributed by atoms with Crippen LogP contribution in [0.4, 0.5) is 15.3 Å². The van der Waals surface area contributed by atoms with Gasteiger partial charge in [0.1, 0.15) is 6.61 Å². The molecule has 2 N–H and O–H groups in total. The first-order valence-corrected chi connectivity index (χ1v) is 17.0. The predicted molar refractivity (Wildman–Crippen MR) is 179 cm³/mol. The van der Waals surface area contributed by atoms with Gasteiger partial charge in [-0.15, -0.1) is 0 Å². The third-order valence-corrected chi connectivity index (χ3v) is 7.25. The first-order valence-electron chi connectivity index (χ1n) is 17.0. The van der Waals surface area contributed by atoms with Crippen LogP contribution in [0.25, 0.3) is 0 Å². The molecule has 0 saturated carbocycles. The zero-order valence-corrected chi connectivity index (χ0v) is 28.1. The molecule has 4 amide bonds. The largest absolute Gasteiger partial charge is 0.428 e. The van der Waals surface area contributed by atoms with Crippen molar-refractivity contribution >= 4 is 23.8 Å². The summed E-state index contributed by atoms with van der Waals surface area (Å²) < 4.78 is 4.68. The fourth-order valence-corrected chi connectivity index (χ4v) is 4.69. The van der Waals surface area contributed by atoms with E-state index in [-0.39, 0.29) is 12.1 Å². The molecule has 0 saturated heterocycles. The normalized spacial score (nSPS) is 10.1. The number of amides is 4. The molecule has 0 heterocycles. The second kappa shape index (κ2) is 29.7. The summed E-state index contributed by atoms with van der Waals surface area (Å²) in [5.74, 6) is 0. The van der Waals surface area contributed by atoms with Gasteiger partial charge in [-0.2, -0.15) is 10.3 Å². The summed E-state index contributed by atoms with van der Waals surface area (Å²) >= 11 is 0. The van der Waals surface area contributed by atoms with Gasteiger partial charge >= 0.3 is 12.1 Å². The molecule has 0 aliphatic rings. The standard InChI is InChI=1S/C25H48N4O3.C10H11NO/c1-3-5-7-9-11-15-19-27-24(30)29(21-17-13-14-18-22-32-23-26)25(31)28-20-16-12-10-8-6-4-2;1-3-9-4-8(2)5-10(6-9)11-7-12/h3-22H2,1-2H3,(H,27,30)(H,28,31);4-6H,3H2,1-2H3. The molecule has 0 aliphatic carbocycles. The van der Waals surface area contributed by atoms with Crippen molar-refractivity contribution in [2.75, 3.05) is 26.2 Å². The summed E-state index contributed by atoms with van der Waals surface area (Å²) in [7, 11) is 0. The number of benzene rings is 1. The number of carbonyl (C=O) groups is 2. The van der Waals surface area contributed by atoms with E-state index in [9.17, 15) is 14.4 Å². The van der Waals surface area contributed by atoms with Gasteiger partial charge in [0.25, 0.3) is 6.26 Å². The molecule has 0 unspecified atom stereocenters. The highest BCUT2D eigenvalue weighted by Crippen LogP contribution is 2.17. The number of aliphatic imine (C=N–C) groups is 1. The van der Waals surface area contributed by atoms with E-state index in [1.807, 2.05) is 19.1 Å². The zero-order chi connectivity index (χ0) is 32.7. The number of nitrogens with zero attached hydrogens (tertiary/aromatic N) is 3. The maximum Gasteiger partial charge on any atom is 0.325 e. The average molecular weight is 614 g/mol. The quantitative estimate of drug-likeness (QED) is 0.0551. The summed E-state index contributed by atoms with van der Waals surface area (Å²) in [5, 5.41) is 14.2. The van der Waals surface area contributed by atoms with Crippen LogP contribution in [0, 0.1) is 18.4 Å². The van der Waals surface area contributed by atoms with E-state index in [1.54, 1.807) is 6.26 Å². The lowest BCUT2D eigenvalue weighted by molar-refractivity contribution is 0.184. The number of nitrogens with one attached hydrogen (secondary N) is 2. The summed E-state index contributed by atoms with van der Waals surface area (Å²) in [6.07, 6.45) is 21.5. The van der Waals surface area contributed by atoms with Crippen molar-refractivity contribution in [3.63, 3.8) is 0 Å². The molecule has 248 valence electrons. The number of aryl methyl sites for hydroxylation is 2. The van der Waals surface area contributed by atoms with Crippen molar-refractivity contribution in [2.45, 2.75) is 137 Å². The lowest BCUT2D eigenvalue weighted by atomic mass is 10.1. The number of unbranched alkanes of at least 4 members (excludes halogenated alkanes) is 13. The van der Waals surface area contributed by atoms with Gasteiger partial charge in [-0.1, -0.05) is 97.5 Å². The van der Waals surface area contributed by atoms with E-state index in [1.165, 1.54) is 67.9 Å². The van der Waals surface area contributed by atoms with Gasteiger partial charge in [0.2, 0.25) is 6.08 Å². The number of hydrogen-bond donors (Lipinski definition) is 2.